The van der Waals surface area contributed by atoms with Gasteiger partial charge < -0.3 is 4.90 Å². The lowest BCUT2D eigenvalue weighted by Gasteiger charge is -2.31. The van der Waals surface area contributed by atoms with Crippen molar-refractivity contribution in [2.24, 2.45) is 0 Å². The molecule has 0 saturated carbocycles. The number of piperazine rings is 1. The third-order valence-electron chi connectivity index (χ3n) is 4.29. The van der Waals surface area contributed by atoms with Crippen LogP contribution in [0.4, 0.5) is 0 Å². The van der Waals surface area contributed by atoms with Crippen molar-refractivity contribution >= 4 is 27.4 Å². The average molecular weight is 390 g/mol. The summed E-state index contributed by atoms with van der Waals surface area (Å²) in [5.74, 6) is 0. The van der Waals surface area contributed by atoms with Gasteiger partial charge in [-0.05, 0) is 43.1 Å². The highest BCUT2D eigenvalue weighted by Gasteiger charge is 2.27. The molecule has 4 rings (SSSR count). The normalized spacial score (nSPS) is 17.0. The lowest BCUT2D eigenvalue weighted by atomic mass is 10.4. The predicted octanol–water partition coefficient (Wildman–Crippen LogP) is 1.21. The van der Waals surface area contributed by atoms with Crippen molar-refractivity contribution in [3.8, 4) is 0 Å². The van der Waals surface area contributed by atoms with Crippen LogP contribution in [0.5, 0.6) is 0 Å². The lowest BCUT2D eigenvalue weighted by molar-refractivity contribution is 0.222. The zero-order chi connectivity index (χ0) is 18.1. The quantitative estimate of drug-likeness (QED) is 0.662. The van der Waals surface area contributed by atoms with E-state index < -0.39 is 10.0 Å². The Kier molecular flexibility index (Phi) is 4.65. The summed E-state index contributed by atoms with van der Waals surface area (Å²) in [4.78, 5) is 6.64. The van der Waals surface area contributed by atoms with E-state index in [0.717, 1.165) is 18.7 Å². The summed E-state index contributed by atoms with van der Waals surface area (Å²) in [7, 11) is -1.51. The van der Waals surface area contributed by atoms with Crippen LogP contribution in [0.15, 0.2) is 57.8 Å². The molecule has 0 aliphatic carbocycles. The van der Waals surface area contributed by atoms with Gasteiger partial charge in [0.25, 0.3) is 0 Å². The first-order valence-electron chi connectivity index (χ1n) is 8.16. The molecular weight excluding hydrogens is 372 g/mol. The Bertz CT molecular complexity index is 1010. The molecule has 0 N–H and O–H groups in total. The minimum Gasteiger partial charge on any atom is -0.304 e. The molecule has 8 nitrogen and oxygen atoms in total. The van der Waals surface area contributed by atoms with Gasteiger partial charge in [-0.25, -0.2) is 13.4 Å². The number of fused-ring (bicyclic) bond motifs is 1. The minimum absolute atomic E-state index is 0.220. The van der Waals surface area contributed by atoms with Crippen molar-refractivity contribution in [1.82, 2.24) is 28.8 Å². The molecule has 0 aromatic carbocycles. The molecule has 0 radical (unpaired) electrons. The highest BCUT2D eigenvalue weighted by molar-refractivity contribution is 7.99. The van der Waals surface area contributed by atoms with Gasteiger partial charge >= 0.3 is 0 Å². The molecule has 1 aliphatic heterocycles. The number of likely N-dealkylation sites (N-methyl/N-ethyl adjacent to an activating group) is 1. The van der Waals surface area contributed by atoms with E-state index in [-0.39, 0.29) is 4.90 Å². The number of hydrogen-bond acceptors (Lipinski definition) is 7. The third kappa shape index (κ3) is 3.32. The molecule has 0 spiro atoms. The molecule has 26 heavy (non-hydrogen) atoms. The van der Waals surface area contributed by atoms with Crippen LogP contribution in [0, 0.1) is 0 Å². The number of aromatic nitrogens is 4. The Morgan fingerprint density at radius 3 is 2.58 bits per heavy atom. The molecule has 0 atom stereocenters. The molecule has 1 aliphatic rings. The third-order valence-corrected chi connectivity index (χ3v) is 7.08. The van der Waals surface area contributed by atoms with Crippen LogP contribution in [-0.2, 0) is 10.0 Å². The van der Waals surface area contributed by atoms with Crippen LogP contribution in [0.2, 0.25) is 0 Å². The van der Waals surface area contributed by atoms with E-state index in [9.17, 15) is 8.42 Å². The summed E-state index contributed by atoms with van der Waals surface area (Å²) in [5, 5.41) is 9.59. The van der Waals surface area contributed by atoms with E-state index in [0.29, 0.717) is 23.3 Å². The largest absolute Gasteiger partial charge is 0.304 e. The van der Waals surface area contributed by atoms with Crippen molar-refractivity contribution in [2.45, 2.75) is 15.1 Å². The summed E-state index contributed by atoms with van der Waals surface area (Å²) >= 11 is 1.34. The fourth-order valence-corrected chi connectivity index (χ4v) is 4.87. The fraction of sp³-hybridized carbons (Fsp3) is 0.312. The van der Waals surface area contributed by atoms with Crippen LogP contribution in [-0.4, -0.2) is 70.4 Å². The van der Waals surface area contributed by atoms with Crippen molar-refractivity contribution < 1.29 is 8.42 Å². The van der Waals surface area contributed by atoms with Crippen LogP contribution in [0.25, 0.3) is 5.65 Å². The van der Waals surface area contributed by atoms with E-state index in [1.54, 1.807) is 12.1 Å². The number of sulfonamides is 1. The molecule has 3 aromatic heterocycles. The maximum Gasteiger partial charge on any atom is 0.244 e. The summed E-state index contributed by atoms with van der Waals surface area (Å²) in [6.07, 6.45) is 3.29. The SMILES string of the molecule is CN1CCN(S(=O)(=O)c2ccc(Sc3nnc4ccccn34)nc2)CC1. The number of hydrogen-bond donors (Lipinski definition) is 0. The topological polar surface area (TPSA) is 83.7 Å². The van der Waals surface area contributed by atoms with Crippen molar-refractivity contribution in [1.29, 1.82) is 0 Å². The van der Waals surface area contributed by atoms with E-state index in [4.69, 9.17) is 0 Å². The van der Waals surface area contributed by atoms with Crippen LogP contribution >= 0.6 is 11.8 Å². The first-order chi connectivity index (χ1) is 12.5. The minimum atomic E-state index is -3.50. The Labute approximate surface area is 155 Å². The Balaban J connectivity index is 1.53. The number of pyridine rings is 2. The molecular formula is C16H18N6O2S2. The Morgan fingerprint density at radius 2 is 1.85 bits per heavy atom. The highest BCUT2D eigenvalue weighted by atomic mass is 32.2. The summed E-state index contributed by atoms with van der Waals surface area (Å²) < 4.78 is 28.8. The Morgan fingerprint density at radius 1 is 1.04 bits per heavy atom. The molecule has 10 heteroatoms. The zero-order valence-electron chi connectivity index (χ0n) is 14.2. The summed E-state index contributed by atoms with van der Waals surface area (Å²) in [5.41, 5.74) is 0.754. The second-order valence-electron chi connectivity index (χ2n) is 6.05. The molecule has 136 valence electrons. The van der Waals surface area contributed by atoms with E-state index in [2.05, 4.69) is 20.1 Å². The van der Waals surface area contributed by atoms with Gasteiger partial charge in [0, 0.05) is 38.6 Å². The predicted molar refractivity (Wildman–Crippen MR) is 97.6 cm³/mol. The van der Waals surface area contributed by atoms with Crippen molar-refractivity contribution in [3.63, 3.8) is 0 Å². The first-order valence-corrected chi connectivity index (χ1v) is 10.4. The number of nitrogens with zero attached hydrogens (tertiary/aromatic N) is 6. The first kappa shape index (κ1) is 17.4. The van der Waals surface area contributed by atoms with Crippen LogP contribution in [0.3, 0.4) is 0 Å². The van der Waals surface area contributed by atoms with Gasteiger partial charge in [-0.1, -0.05) is 6.07 Å². The van der Waals surface area contributed by atoms with Gasteiger partial charge in [0.15, 0.2) is 5.65 Å². The molecule has 1 saturated heterocycles. The van der Waals surface area contributed by atoms with Gasteiger partial charge in [-0.3, -0.25) is 4.40 Å². The molecule has 0 unspecified atom stereocenters. The second-order valence-corrected chi connectivity index (χ2v) is 8.98. The highest BCUT2D eigenvalue weighted by Crippen LogP contribution is 2.26. The van der Waals surface area contributed by atoms with Crippen LogP contribution < -0.4 is 0 Å². The second kappa shape index (κ2) is 6.95. The Hall–Kier alpha value is -2.01. The molecule has 4 heterocycles. The van der Waals surface area contributed by atoms with E-state index in [1.807, 2.05) is 35.8 Å². The average Bonchev–Trinajstić information content (AvgIpc) is 3.06. The standard InChI is InChI=1S/C16H18N6O2S2/c1-20-8-10-21(11-9-20)26(23,24)13-5-6-15(17-12-13)25-16-19-18-14-4-2-3-7-22(14)16/h2-7,12H,8-11H2,1H3. The summed E-state index contributed by atoms with van der Waals surface area (Å²) in [6.45, 7) is 2.48. The van der Waals surface area contributed by atoms with Gasteiger partial charge in [-0.2, -0.15) is 4.31 Å². The summed E-state index contributed by atoms with van der Waals surface area (Å²) in [6, 6.07) is 8.98. The maximum atomic E-state index is 12.7. The van der Waals surface area contributed by atoms with Crippen molar-refractivity contribution in [2.75, 3.05) is 33.2 Å². The molecule has 0 amide bonds. The molecule has 1 fully saturated rings. The molecule has 3 aromatic rings. The maximum absolute atomic E-state index is 12.7. The van der Waals surface area contributed by atoms with Crippen molar-refractivity contribution in [3.05, 3.63) is 42.7 Å². The molecule has 0 bridgehead atoms. The van der Waals surface area contributed by atoms with Gasteiger partial charge in [0.05, 0.1) is 0 Å². The van der Waals surface area contributed by atoms with E-state index in [1.165, 1.54) is 22.3 Å². The van der Waals surface area contributed by atoms with Gasteiger partial charge in [-0.15, -0.1) is 10.2 Å². The van der Waals surface area contributed by atoms with Gasteiger partial charge in [0.1, 0.15) is 9.92 Å². The zero-order valence-corrected chi connectivity index (χ0v) is 15.8. The van der Waals surface area contributed by atoms with Gasteiger partial charge in [0.2, 0.25) is 15.2 Å². The number of rotatable bonds is 4. The van der Waals surface area contributed by atoms with Crippen LogP contribution in [0.1, 0.15) is 0 Å². The lowest BCUT2D eigenvalue weighted by Crippen LogP contribution is -2.47. The van der Waals surface area contributed by atoms with E-state index >= 15 is 0 Å². The smallest absolute Gasteiger partial charge is 0.244 e. The fourth-order valence-electron chi connectivity index (χ4n) is 2.74. The monoisotopic (exact) mass is 390 g/mol.